The fourth-order valence-corrected chi connectivity index (χ4v) is 1.10. The normalized spacial score (nSPS) is 12.8. The van der Waals surface area contributed by atoms with Crippen molar-refractivity contribution < 1.29 is 4.84 Å². The molecule has 3 heteroatoms. The minimum absolute atomic E-state index is 0.0591. The molecule has 12 heavy (non-hydrogen) atoms. The van der Waals surface area contributed by atoms with Crippen LogP contribution in [-0.4, -0.2) is 13.6 Å². The van der Waals surface area contributed by atoms with Gasteiger partial charge in [0.25, 0.3) is 0 Å². The Kier molecular flexibility index (Phi) is 3.73. The van der Waals surface area contributed by atoms with Crippen LogP contribution >= 0.6 is 0 Å². The van der Waals surface area contributed by atoms with E-state index in [4.69, 9.17) is 10.7 Å². The van der Waals surface area contributed by atoms with Crippen LogP contribution in [-0.2, 0) is 4.84 Å². The lowest BCUT2D eigenvalue weighted by Gasteiger charge is -2.13. The molecule has 1 aromatic rings. The summed E-state index contributed by atoms with van der Waals surface area (Å²) in [6, 6.07) is 9.90. The number of likely N-dealkylation sites (N-methyl/N-ethyl adjacent to an activating group) is 1. The van der Waals surface area contributed by atoms with E-state index < -0.39 is 0 Å². The molecule has 0 bridgehead atoms. The minimum atomic E-state index is -0.0591. The molecule has 0 saturated heterocycles. The first-order chi connectivity index (χ1) is 5.88. The van der Waals surface area contributed by atoms with Crippen LogP contribution in [0.25, 0.3) is 0 Å². The van der Waals surface area contributed by atoms with E-state index in [0.29, 0.717) is 0 Å². The lowest BCUT2D eigenvalue weighted by atomic mass is 10.1. The Bertz CT molecular complexity index is 213. The summed E-state index contributed by atoms with van der Waals surface area (Å²) in [6.45, 7) is 0.723. The molecule has 1 atom stereocenters. The molecule has 66 valence electrons. The third-order valence-corrected chi connectivity index (χ3v) is 1.73. The van der Waals surface area contributed by atoms with Crippen LogP contribution in [0.15, 0.2) is 30.3 Å². The van der Waals surface area contributed by atoms with Crippen molar-refractivity contribution in [2.45, 2.75) is 6.10 Å². The second-order valence-electron chi connectivity index (χ2n) is 2.59. The molecular weight excluding hydrogens is 152 g/mol. The fourth-order valence-electron chi connectivity index (χ4n) is 1.10. The quantitative estimate of drug-likeness (QED) is 0.651. The van der Waals surface area contributed by atoms with Crippen LogP contribution in [0.4, 0.5) is 0 Å². The van der Waals surface area contributed by atoms with E-state index in [1.54, 1.807) is 0 Å². The highest BCUT2D eigenvalue weighted by Crippen LogP contribution is 2.13. The molecule has 0 radical (unpaired) electrons. The molecule has 0 spiro atoms. The van der Waals surface area contributed by atoms with E-state index in [-0.39, 0.29) is 6.10 Å². The Hall–Kier alpha value is -0.900. The molecule has 0 heterocycles. The molecule has 0 amide bonds. The molecule has 0 aromatic heterocycles. The Morgan fingerprint density at radius 2 is 2.08 bits per heavy atom. The molecule has 3 nitrogen and oxygen atoms in total. The largest absolute Gasteiger partial charge is 0.317 e. The molecule has 0 saturated carbocycles. The second-order valence-corrected chi connectivity index (χ2v) is 2.59. The van der Waals surface area contributed by atoms with Gasteiger partial charge < -0.3 is 5.32 Å². The molecule has 3 N–H and O–H groups in total. The van der Waals surface area contributed by atoms with Crippen LogP contribution in [0, 0.1) is 0 Å². The molecule has 0 fully saturated rings. The Morgan fingerprint density at radius 1 is 1.42 bits per heavy atom. The van der Waals surface area contributed by atoms with Gasteiger partial charge in [0, 0.05) is 6.54 Å². The number of benzene rings is 1. The second kappa shape index (κ2) is 4.87. The van der Waals surface area contributed by atoms with Crippen molar-refractivity contribution in [2.24, 2.45) is 5.90 Å². The summed E-state index contributed by atoms with van der Waals surface area (Å²) in [6.07, 6.45) is -0.0591. The number of hydrogen-bond acceptors (Lipinski definition) is 3. The van der Waals surface area contributed by atoms with Gasteiger partial charge in [-0.3, -0.25) is 4.84 Å². The summed E-state index contributed by atoms with van der Waals surface area (Å²) in [5, 5.41) is 3.01. The molecule has 0 aliphatic carbocycles. The number of rotatable bonds is 4. The van der Waals surface area contributed by atoms with Crippen molar-refractivity contribution in [3.05, 3.63) is 35.9 Å². The summed E-state index contributed by atoms with van der Waals surface area (Å²) in [4.78, 5) is 4.81. The van der Waals surface area contributed by atoms with Crippen LogP contribution in [0.2, 0.25) is 0 Å². The molecule has 0 aliphatic heterocycles. The zero-order valence-electron chi connectivity index (χ0n) is 7.16. The first-order valence-electron chi connectivity index (χ1n) is 3.93. The van der Waals surface area contributed by atoms with Crippen LogP contribution in [0.5, 0.6) is 0 Å². The fraction of sp³-hybridized carbons (Fsp3) is 0.333. The maximum atomic E-state index is 5.15. The first-order valence-corrected chi connectivity index (χ1v) is 3.93. The van der Waals surface area contributed by atoms with Crippen molar-refractivity contribution in [2.75, 3.05) is 13.6 Å². The van der Waals surface area contributed by atoms with E-state index in [1.807, 2.05) is 37.4 Å². The average molecular weight is 166 g/mol. The standard InChI is InChI=1S/C9H14N2O/c1-11-7-9(12-10)8-5-3-2-4-6-8/h2-6,9,11H,7,10H2,1H3. The highest BCUT2D eigenvalue weighted by atomic mass is 16.6. The molecule has 1 unspecified atom stereocenters. The van der Waals surface area contributed by atoms with Crippen molar-refractivity contribution in [1.82, 2.24) is 5.32 Å². The van der Waals surface area contributed by atoms with E-state index in [0.717, 1.165) is 12.1 Å². The minimum Gasteiger partial charge on any atom is -0.317 e. The van der Waals surface area contributed by atoms with Gasteiger partial charge in [-0.25, -0.2) is 5.90 Å². The smallest absolute Gasteiger partial charge is 0.116 e. The third kappa shape index (κ3) is 2.30. The van der Waals surface area contributed by atoms with Gasteiger partial charge in [0.15, 0.2) is 0 Å². The number of nitrogens with one attached hydrogen (secondary N) is 1. The van der Waals surface area contributed by atoms with Gasteiger partial charge in [0.1, 0.15) is 6.10 Å². The number of nitrogens with two attached hydrogens (primary N) is 1. The SMILES string of the molecule is CNCC(ON)c1ccccc1. The molecular formula is C9H14N2O. The Labute approximate surface area is 72.5 Å². The average Bonchev–Trinajstić information content (AvgIpc) is 2.15. The highest BCUT2D eigenvalue weighted by molar-refractivity contribution is 5.17. The molecule has 0 aliphatic rings. The van der Waals surface area contributed by atoms with Gasteiger partial charge >= 0.3 is 0 Å². The highest BCUT2D eigenvalue weighted by Gasteiger charge is 2.07. The van der Waals surface area contributed by atoms with Crippen molar-refractivity contribution in [1.29, 1.82) is 0 Å². The monoisotopic (exact) mass is 166 g/mol. The lowest BCUT2D eigenvalue weighted by molar-refractivity contribution is 0.0541. The molecule has 1 aromatic carbocycles. The van der Waals surface area contributed by atoms with Gasteiger partial charge in [-0.05, 0) is 12.6 Å². The number of hydrogen-bond donors (Lipinski definition) is 2. The van der Waals surface area contributed by atoms with E-state index in [9.17, 15) is 0 Å². The van der Waals surface area contributed by atoms with Crippen molar-refractivity contribution >= 4 is 0 Å². The third-order valence-electron chi connectivity index (χ3n) is 1.73. The Balaban J connectivity index is 2.66. The topological polar surface area (TPSA) is 47.3 Å². The van der Waals surface area contributed by atoms with E-state index in [1.165, 1.54) is 0 Å². The summed E-state index contributed by atoms with van der Waals surface area (Å²) in [5.74, 6) is 5.15. The summed E-state index contributed by atoms with van der Waals surface area (Å²) in [7, 11) is 1.87. The van der Waals surface area contributed by atoms with Gasteiger partial charge in [-0.15, -0.1) is 0 Å². The predicted molar refractivity (Wildman–Crippen MR) is 48.4 cm³/mol. The zero-order valence-corrected chi connectivity index (χ0v) is 7.16. The summed E-state index contributed by atoms with van der Waals surface area (Å²) in [5.41, 5.74) is 1.09. The zero-order chi connectivity index (χ0) is 8.81. The maximum absolute atomic E-state index is 5.15. The molecule has 1 rings (SSSR count). The summed E-state index contributed by atoms with van der Waals surface area (Å²) >= 11 is 0. The summed E-state index contributed by atoms with van der Waals surface area (Å²) < 4.78 is 0. The van der Waals surface area contributed by atoms with E-state index >= 15 is 0 Å². The predicted octanol–water partition coefficient (Wildman–Crippen LogP) is 0.837. The van der Waals surface area contributed by atoms with Gasteiger partial charge in [-0.1, -0.05) is 30.3 Å². The van der Waals surface area contributed by atoms with Gasteiger partial charge in [-0.2, -0.15) is 0 Å². The van der Waals surface area contributed by atoms with Crippen molar-refractivity contribution in [3.8, 4) is 0 Å². The van der Waals surface area contributed by atoms with Crippen molar-refractivity contribution in [3.63, 3.8) is 0 Å². The maximum Gasteiger partial charge on any atom is 0.116 e. The van der Waals surface area contributed by atoms with Gasteiger partial charge in [0.2, 0.25) is 0 Å². The van der Waals surface area contributed by atoms with Crippen LogP contribution < -0.4 is 11.2 Å². The van der Waals surface area contributed by atoms with Crippen LogP contribution in [0.3, 0.4) is 0 Å². The first kappa shape index (κ1) is 9.19. The van der Waals surface area contributed by atoms with E-state index in [2.05, 4.69) is 5.32 Å². The van der Waals surface area contributed by atoms with Gasteiger partial charge in [0.05, 0.1) is 0 Å². The lowest BCUT2D eigenvalue weighted by Crippen LogP contribution is -2.21. The van der Waals surface area contributed by atoms with Crippen LogP contribution in [0.1, 0.15) is 11.7 Å². The Morgan fingerprint density at radius 3 is 2.58 bits per heavy atom.